The van der Waals surface area contributed by atoms with E-state index in [0.29, 0.717) is 49.0 Å². The van der Waals surface area contributed by atoms with Crippen molar-refractivity contribution in [3.8, 4) is 11.5 Å². The van der Waals surface area contributed by atoms with Gasteiger partial charge >= 0.3 is 6.09 Å². The first-order valence-corrected chi connectivity index (χ1v) is 15.7. The van der Waals surface area contributed by atoms with Crippen LogP contribution in [0.4, 0.5) is 14.9 Å². The molecule has 0 radical (unpaired) electrons. The number of morpholine rings is 1. The first kappa shape index (κ1) is 32.5. The van der Waals surface area contributed by atoms with Crippen LogP contribution in [0.5, 0.6) is 0 Å². The van der Waals surface area contributed by atoms with Crippen molar-refractivity contribution in [3.05, 3.63) is 138 Å². The summed E-state index contributed by atoms with van der Waals surface area (Å²) in [5, 5.41) is 11.7. The average Bonchev–Trinajstić information content (AvgIpc) is 3.62. The van der Waals surface area contributed by atoms with Crippen LogP contribution in [-0.2, 0) is 20.7 Å². The summed E-state index contributed by atoms with van der Waals surface area (Å²) in [5.41, 5.74) is 9.80. The van der Waals surface area contributed by atoms with Gasteiger partial charge in [-0.15, -0.1) is 10.2 Å². The van der Waals surface area contributed by atoms with Gasteiger partial charge < -0.3 is 24.9 Å². The largest absolute Gasteiger partial charge is 0.452 e. The molecule has 3 atom stereocenters. The number of para-hydroxylation sites is 1. The van der Waals surface area contributed by atoms with Gasteiger partial charge in [0.2, 0.25) is 17.7 Å². The lowest BCUT2D eigenvalue weighted by Gasteiger charge is -2.36. The standard InChI is InChI=1S/C37H36FN5O5/c1-46-37(45)43(33(34(39)44)32(25-11-4-2-5-12-25)26-13-6-3-7-14-26)31-15-9-8-10-24(31)18-21-29-22-40-30(23-47-29)36-42-41-35(48-36)27-16-19-28(38)20-17-27/h2-17,19-20,29-30,32-33,40H,18,21-23H2,1H3,(H2,39,44)/t29-,30+,33+/m1/s1. The number of rotatable bonds is 11. The maximum Gasteiger partial charge on any atom is 0.414 e. The molecule has 0 aliphatic carbocycles. The van der Waals surface area contributed by atoms with Crippen LogP contribution in [0.15, 0.2) is 114 Å². The fourth-order valence-electron chi connectivity index (χ4n) is 6.10. The second kappa shape index (κ2) is 15.0. The van der Waals surface area contributed by atoms with Crippen molar-refractivity contribution < 1.29 is 27.9 Å². The minimum Gasteiger partial charge on any atom is -0.452 e. The Labute approximate surface area is 277 Å². The lowest BCUT2D eigenvalue weighted by Crippen LogP contribution is -2.52. The number of carbonyl (C=O) groups is 2. The smallest absolute Gasteiger partial charge is 0.414 e. The van der Waals surface area contributed by atoms with E-state index in [9.17, 15) is 14.0 Å². The molecule has 4 aromatic carbocycles. The molecule has 5 aromatic rings. The molecule has 246 valence electrons. The third-order valence-electron chi connectivity index (χ3n) is 8.48. The van der Waals surface area contributed by atoms with E-state index in [1.54, 1.807) is 18.2 Å². The van der Waals surface area contributed by atoms with E-state index in [1.165, 1.54) is 24.1 Å². The van der Waals surface area contributed by atoms with Crippen LogP contribution >= 0.6 is 0 Å². The number of nitrogens with two attached hydrogens (primary N) is 1. The normalized spacial score (nSPS) is 16.7. The number of benzene rings is 4. The van der Waals surface area contributed by atoms with E-state index in [2.05, 4.69) is 15.5 Å². The number of primary amides is 1. The molecular weight excluding hydrogens is 613 g/mol. The number of ether oxygens (including phenoxy) is 2. The monoisotopic (exact) mass is 649 g/mol. The minimum absolute atomic E-state index is 0.145. The number of halogens is 1. The van der Waals surface area contributed by atoms with E-state index in [1.807, 2.05) is 78.9 Å². The van der Waals surface area contributed by atoms with Crippen LogP contribution in [0, 0.1) is 5.82 Å². The van der Waals surface area contributed by atoms with Gasteiger partial charge in [0.15, 0.2) is 0 Å². The molecule has 48 heavy (non-hydrogen) atoms. The number of hydrogen-bond donors (Lipinski definition) is 2. The Bertz CT molecular complexity index is 1770. The summed E-state index contributed by atoms with van der Waals surface area (Å²) >= 11 is 0. The molecule has 0 unspecified atom stereocenters. The third-order valence-corrected chi connectivity index (χ3v) is 8.48. The molecule has 1 fully saturated rings. The van der Waals surface area contributed by atoms with Crippen molar-refractivity contribution in [3.63, 3.8) is 0 Å². The quantitative estimate of drug-likeness (QED) is 0.184. The van der Waals surface area contributed by atoms with Gasteiger partial charge in [0.25, 0.3) is 0 Å². The Morgan fingerprint density at radius 3 is 2.19 bits per heavy atom. The van der Waals surface area contributed by atoms with Crippen LogP contribution in [0.3, 0.4) is 0 Å². The highest BCUT2D eigenvalue weighted by Gasteiger charge is 2.39. The fraction of sp³-hybridized carbons (Fsp3) is 0.243. The number of aromatic nitrogens is 2. The van der Waals surface area contributed by atoms with Crippen molar-refractivity contribution in [1.29, 1.82) is 0 Å². The van der Waals surface area contributed by atoms with Crippen molar-refractivity contribution in [2.75, 3.05) is 25.2 Å². The van der Waals surface area contributed by atoms with Crippen LogP contribution < -0.4 is 16.0 Å². The van der Waals surface area contributed by atoms with Gasteiger partial charge in [0.05, 0.1) is 25.5 Å². The predicted molar refractivity (Wildman–Crippen MR) is 178 cm³/mol. The number of carbonyl (C=O) groups excluding carboxylic acids is 2. The van der Waals surface area contributed by atoms with Gasteiger partial charge in [0, 0.05) is 18.0 Å². The molecule has 2 heterocycles. The van der Waals surface area contributed by atoms with Crippen molar-refractivity contribution in [2.24, 2.45) is 5.73 Å². The van der Waals surface area contributed by atoms with E-state index >= 15 is 0 Å². The number of methoxy groups -OCH3 is 1. The summed E-state index contributed by atoms with van der Waals surface area (Å²) in [7, 11) is 1.29. The molecule has 0 spiro atoms. The number of anilines is 1. The molecule has 3 N–H and O–H groups in total. The predicted octanol–water partition coefficient (Wildman–Crippen LogP) is 5.80. The molecule has 2 amide bonds. The van der Waals surface area contributed by atoms with Gasteiger partial charge in [-0.2, -0.15) is 0 Å². The van der Waals surface area contributed by atoms with Gasteiger partial charge in [-0.3, -0.25) is 9.69 Å². The molecular formula is C37H36FN5O5. The molecule has 0 bridgehead atoms. The highest BCUT2D eigenvalue weighted by Crippen LogP contribution is 2.36. The summed E-state index contributed by atoms with van der Waals surface area (Å²) in [5.74, 6) is -0.883. The van der Waals surface area contributed by atoms with Gasteiger partial charge in [0.1, 0.15) is 17.9 Å². The average molecular weight is 650 g/mol. The molecule has 1 saturated heterocycles. The van der Waals surface area contributed by atoms with Crippen LogP contribution in [0.2, 0.25) is 0 Å². The Kier molecular flexibility index (Phi) is 10.2. The van der Waals surface area contributed by atoms with Crippen molar-refractivity contribution >= 4 is 17.7 Å². The second-order valence-electron chi connectivity index (χ2n) is 11.5. The Morgan fingerprint density at radius 1 is 0.938 bits per heavy atom. The van der Waals surface area contributed by atoms with E-state index in [0.717, 1.165) is 16.7 Å². The first-order valence-electron chi connectivity index (χ1n) is 15.7. The molecule has 11 heteroatoms. The minimum atomic E-state index is -1.09. The Morgan fingerprint density at radius 2 is 1.58 bits per heavy atom. The van der Waals surface area contributed by atoms with E-state index in [-0.39, 0.29) is 18.0 Å². The second-order valence-corrected chi connectivity index (χ2v) is 11.5. The van der Waals surface area contributed by atoms with Crippen LogP contribution in [-0.4, -0.2) is 54.6 Å². The SMILES string of the molecule is COC(=O)N(c1ccccc1CC[C@@H]1CN[C@H](c2nnc(-c3ccc(F)cc3)o2)CO1)[C@H](C(N)=O)C(c1ccccc1)c1ccccc1. The number of nitrogens with one attached hydrogen (secondary N) is 1. The first-order chi connectivity index (χ1) is 23.4. The summed E-state index contributed by atoms with van der Waals surface area (Å²) < 4.78 is 30.6. The zero-order valence-corrected chi connectivity index (χ0v) is 26.4. The van der Waals surface area contributed by atoms with Crippen LogP contribution in [0.25, 0.3) is 11.5 Å². The Hall–Kier alpha value is -5.39. The van der Waals surface area contributed by atoms with E-state index in [4.69, 9.17) is 19.6 Å². The number of hydrogen-bond acceptors (Lipinski definition) is 8. The molecule has 1 aliphatic rings. The molecule has 1 aromatic heterocycles. The van der Waals surface area contributed by atoms with Crippen molar-refractivity contribution in [1.82, 2.24) is 15.5 Å². The highest BCUT2D eigenvalue weighted by molar-refractivity contribution is 5.98. The van der Waals surface area contributed by atoms with Crippen LogP contribution in [0.1, 0.15) is 41.0 Å². The zero-order chi connectivity index (χ0) is 33.5. The number of amides is 2. The maximum absolute atomic E-state index is 13.6. The summed E-state index contributed by atoms with van der Waals surface area (Å²) in [6, 6.07) is 31.0. The third kappa shape index (κ3) is 7.27. The molecule has 6 rings (SSSR count). The fourth-order valence-corrected chi connectivity index (χ4v) is 6.10. The van der Waals surface area contributed by atoms with Gasteiger partial charge in [-0.25, -0.2) is 9.18 Å². The van der Waals surface area contributed by atoms with Gasteiger partial charge in [-0.05, 0) is 59.9 Å². The zero-order valence-electron chi connectivity index (χ0n) is 26.4. The highest BCUT2D eigenvalue weighted by atomic mass is 19.1. The van der Waals surface area contributed by atoms with Crippen molar-refractivity contribution in [2.45, 2.75) is 36.9 Å². The number of aryl methyl sites for hydroxylation is 1. The van der Waals surface area contributed by atoms with Gasteiger partial charge in [-0.1, -0.05) is 78.9 Å². The van der Waals surface area contributed by atoms with E-state index < -0.39 is 24.0 Å². The summed E-state index contributed by atoms with van der Waals surface area (Å²) in [4.78, 5) is 28.4. The molecule has 1 aliphatic heterocycles. The summed E-state index contributed by atoms with van der Waals surface area (Å²) in [6.45, 7) is 0.834. The maximum atomic E-state index is 13.6. The lowest BCUT2D eigenvalue weighted by molar-refractivity contribution is -0.119. The topological polar surface area (TPSA) is 133 Å². The molecule has 0 saturated carbocycles. The molecule has 10 nitrogen and oxygen atoms in total. The lowest BCUT2D eigenvalue weighted by atomic mass is 9.83. The number of nitrogens with zero attached hydrogens (tertiary/aromatic N) is 3. The summed E-state index contributed by atoms with van der Waals surface area (Å²) in [6.07, 6.45) is 0.330. The Balaban J connectivity index is 1.20.